The molecule has 0 saturated carbocycles. The van der Waals surface area contributed by atoms with Crippen LogP contribution < -0.4 is 5.32 Å². The van der Waals surface area contributed by atoms with Crippen molar-refractivity contribution in [2.45, 2.75) is 44.2 Å². The van der Waals surface area contributed by atoms with Crippen LogP contribution in [0.4, 0.5) is 0 Å². The summed E-state index contributed by atoms with van der Waals surface area (Å²) >= 11 is 2.02. The highest BCUT2D eigenvalue weighted by Crippen LogP contribution is 2.38. The van der Waals surface area contributed by atoms with E-state index in [0.29, 0.717) is 11.9 Å². The van der Waals surface area contributed by atoms with Gasteiger partial charge in [0.1, 0.15) is 0 Å². The molecule has 1 aromatic rings. The first-order valence-corrected chi connectivity index (χ1v) is 8.16. The van der Waals surface area contributed by atoms with Crippen LogP contribution >= 0.6 is 11.8 Å². The van der Waals surface area contributed by atoms with Crippen molar-refractivity contribution < 1.29 is 9.26 Å². The standard InChI is InChI=1S/C13H21N3O2S/c1-10-15-12(16-18-10)2-5-14-11-3-6-17-13(8-11)4-7-19-9-13/h11,14H,2-9H2,1H3. The minimum atomic E-state index is 0.156. The molecule has 6 heteroatoms. The van der Waals surface area contributed by atoms with Crippen molar-refractivity contribution in [1.82, 2.24) is 15.5 Å². The van der Waals surface area contributed by atoms with Crippen LogP contribution in [-0.4, -0.2) is 46.4 Å². The fourth-order valence-electron chi connectivity index (χ4n) is 2.90. The zero-order valence-electron chi connectivity index (χ0n) is 11.4. The van der Waals surface area contributed by atoms with E-state index < -0.39 is 0 Å². The van der Waals surface area contributed by atoms with Crippen molar-refractivity contribution in [3.8, 4) is 0 Å². The molecule has 2 unspecified atom stereocenters. The molecule has 2 aliphatic heterocycles. The van der Waals surface area contributed by atoms with Gasteiger partial charge in [-0.05, 0) is 25.0 Å². The smallest absolute Gasteiger partial charge is 0.223 e. The van der Waals surface area contributed by atoms with Crippen molar-refractivity contribution >= 4 is 11.8 Å². The van der Waals surface area contributed by atoms with Gasteiger partial charge >= 0.3 is 0 Å². The second-order valence-corrected chi connectivity index (χ2v) is 6.56. The average molecular weight is 283 g/mol. The number of aryl methyl sites for hydroxylation is 1. The fourth-order valence-corrected chi connectivity index (χ4v) is 4.27. The molecule has 3 rings (SSSR count). The molecular formula is C13H21N3O2S. The van der Waals surface area contributed by atoms with E-state index in [9.17, 15) is 0 Å². The van der Waals surface area contributed by atoms with Gasteiger partial charge in [0.15, 0.2) is 5.82 Å². The molecule has 2 aliphatic rings. The number of aromatic nitrogens is 2. The molecule has 0 amide bonds. The SMILES string of the molecule is Cc1nc(CCNC2CCOC3(CCSC3)C2)no1. The van der Waals surface area contributed by atoms with E-state index in [4.69, 9.17) is 9.26 Å². The van der Waals surface area contributed by atoms with Gasteiger partial charge < -0.3 is 14.6 Å². The van der Waals surface area contributed by atoms with E-state index in [-0.39, 0.29) is 5.60 Å². The summed E-state index contributed by atoms with van der Waals surface area (Å²) in [4.78, 5) is 4.22. The quantitative estimate of drug-likeness (QED) is 0.905. The van der Waals surface area contributed by atoms with Crippen LogP contribution in [0.5, 0.6) is 0 Å². The summed E-state index contributed by atoms with van der Waals surface area (Å²) in [5.41, 5.74) is 0.156. The molecule has 0 bridgehead atoms. The van der Waals surface area contributed by atoms with E-state index in [1.165, 1.54) is 12.2 Å². The summed E-state index contributed by atoms with van der Waals surface area (Å²) in [6.45, 7) is 3.62. The normalized spacial score (nSPS) is 31.1. The van der Waals surface area contributed by atoms with Crippen molar-refractivity contribution in [2.24, 2.45) is 0 Å². The molecule has 3 heterocycles. The van der Waals surface area contributed by atoms with E-state index in [2.05, 4.69) is 15.5 Å². The molecular weight excluding hydrogens is 262 g/mol. The van der Waals surface area contributed by atoms with Crippen LogP contribution in [0.25, 0.3) is 0 Å². The number of nitrogens with one attached hydrogen (secondary N) is 1. The molecule has 0 radical (unpaired) electrons. The first-order valence-electron chi connectivity index (χ1n) is 7.00. The molecule has 1 aromatic heterocycles. The maximum Gasteiger partial charge on any atom is 0.223 e. The van der Waals surface area contributed by atoms with Gasteiger partial charge in [0.2, 0.25) is 5.89 Å². The number of hydrogen-bond acceptors (Lipinski definition) is 6. The van der Waals surface area contributed by atoms with Crippen LogP contribution in [-0.2, 0) is 11.2 Å². The second-order valence-electron chi connectivity index (χ2n) is 5.46. The molecule has 2 fully saturated rings. The lowest BCUT2D eigenvalue weighted by Gasteiger charge is -2.38. The third kappa shape index (κ3) is 3.30. The minimum absolute atomic E-state index is 0.156. The van der Waals surface area contributed by atoms with E-state index in [1.807, 2.05) is 18.7 Å². The van der Waals surface area contributed by atoms with Gasteiger partial charge in [-0.1, -0.05) is 5.16 Å². The van der Waals surface area contributed by atoms with Crippen molar-refractivity contribution in [1.29, 1.82) is 0 Å². The van der Waals surface area contributed by atoms with Gasteiger partial charge in [-0.3, -0.25) is 0 Å². The van der Waals surface area contributed by atoms with E-state index in [1.54, 1.807) is 0 Å². The summed E-state index contributed by atoms with van der Waals surface area (Å²) in [5, 5.41) is 7.53. The first-order chi connectivity index (χ1) is 9.26. The number of hydrogen-bond donors (Lipinski definition) is 1. The van der Waals surface area contributed by atoms with Crippen molar-refractivity contribution in [3.63, 3.8) is 0 Å². The Morgan fingerprint density at radius 2 is 2.47 bits per heavy atom. The third-order valence-electron chi connectivity index (χ3n) is 3.91. The van der Waals surface area contributed by atoms with Gasteiger partial charge in [0.25, 0.3) is 0 Å². The molecule has 19 heavy (non-hydrogen) atoms. The summed E-state index contributed by atoms with van der Waals surface area (Å²) in [6.07, 6.45) is 4.29. The zero-order chi connectivity index (χ0) is 13.1. The van der Waals surface area contributed by atoms with Gasteiger partial charge in [0.05, 0.1) is 5.60 Å². The summed E-state index contributed by atoms with van der Waals surface area (Å²) in [6, 6.07) is 0.570. The maximum absolute atomic E-state index is 6.02. The lowest BCUT2D eigenvalue weighted by Crippen LogP contribution is -2.47. The Bertz CT molecular complexity index is 418. The van der Waals surface area contributed by atoms with Crippen LogP contribution in [0.1, 0.15) is 31.0 Å². The Hall–Kier alpha value is -0.590. The Morgan fingerprint density at radius 3 is 3.21 bits per heavy atom. The molecule has 2 saturated heterocycles. The van der Waals surface area contributed by atoms with Crippen molar-refractivity contribution in [2.75, 3.05) is 24.7 Å². The zero-order valence-corrected chi connectivity index (χ0v) is 12.2. The number of nitrogens with zero attached hydrogens (tertiary/aromatic N) is 2. The second kappa shape index (κ2) is 5.81. The Balaban J connectivity index is 1.45. The largest absolute Gasteiger partial charge is 0.374 e. The highest BCUT2D eigenvalue weighted by molar-refractivity contribution is 7.99. The molecule has 5 nitrogen and oxygen atoms in total. The van der Waals surface area contributed by atoms with Crippen LogP contribution in [0.3, 0.4) is 0 Å². The van der Waals surface area contributed by atoms with E-state index in [0.717, 1.165) is 44.0 Å². The summed E-state index contributed by atoms with van der Waals surface area (Å²) in [7, 11) is 0. The monoisotopic (exact) mass is 283 g/mol. The topological polar surface area (TPSA) is 60.2 Å². The van der Waals surface area contributed by atoms with Crippen LogP contribution in [0.15, 0.2) is 4.52 Å². The molecule has 2 atom stereocenters. The Labute approximate surface area is 117 Å². The van der Waals surface area contributed by atoms with Crippen LogP contribution in [0, 0.1) is 6.92 Å². The number of rotatable bonds is 4. The predicted octanol–water partition coefficient (Wildman–Crippen LogP) is 1.56. The summed E-state index contributed by atoms with van der Waals surface area (Å²) < 4.78 is 11.0. The highest BCUT2D eigenvalue weighted by Gasteiger charge is 2.40. The molecule has 0 aliphatic carbocycles. The maximum atomic E-state index is 6.02. The number of ether oxygens (including phenoxy) is 1. The number of thioether (sulfide) groups is 1. The first kappa shape index (κ1) is 13.4. The Kier molecular flexibility index (Phi) is 4.10. The predicted molar refractivity (Wildman–Crippen MR) is 74.4 cm³/mol. The van der Waals surface area contributed by atoms with Gasteiger partial charge in [-0.25, -0.2) is 0 Å². The summed E-state index contributed by atoms with van der Waals surface area (Å²) in [5.74, 6) is 3.84. The highest BCUT2D eigenvalue weighted by atomic mass is 32.2. The minimum Gasteiger partial charge on any atom is -0.374 e. The third-order valence-corrected chi connectivity index (χ3v) is 5.13. The molecule has 106 valence electrons. The Morgan fingerprint density at radius 1 is 1.53 bits per heavy atom. The van der Waals surface area contributed by atoms with Gasteiger partial charge in [-0.15, -0.1) is 0 Å². The lowest BCUT2D eigenvalue weighted by atomic mass is 9.90. The molecule has 0 aromatic carbocycles. The fraction of sp³-hybridized carbons (Fsp3) is 0.846. The van der Waals surface area contributed by atoms with Gasteiger partial charge in [0, 0.05) is 38.3 Å². The van der Waals surface area contributed by atoms with Gasteiger partial charge in [-0.2, -0.15) is 16.7 Å². The average Bonchev–Trinajstić information content (AvgIpc) is 3.00. The van der Waals surface area contributed by atoms with Crippen molar-refractivity contribution in [3.05, 3.63) is 11.7 Å². The van der Waals surface area contributed by atoms with E-state index >= 15 is 0 Å². The molecule has 1 spiro atoms. The molecule has 1 N–H and O–H groups in total. The van der Waals surface area contributed by atoms with Crippen LogP contribution in [0.2, 0.25) is 0 Å². The lowest BCUT2D eigenvalue weighted by molar-refractivity contribution is -0.0699.